The summed E-state index contributed by atoms with van der Waals surface area (Å²) >= 11 is 3.18. The van der Waals surface area contributed by atoms with Crippen molar-refractivity contribution in [2.45, 2.75) is 0 Å². The second-order valence-corrected chi connectivity index (χ2v) is 5.99. The van der Waals surface area contributed by atoms with Gasteiger partial charge in [-0.1, -0.05) is 0 Å². The van der Waals surface area contributed by atoms with Crippen LogP contribution in [0.5, 0.6) is 0 Å². The van der Waals surface area contributed by atoms with E-state index in [1.54, 1.807) is 23.5 Å². The van der Waals surface area contributed by atoms with Crippen LogP contribution in [0.15, 0.2) is 21.3 Å². The van der Waals surface area contributed by atoms with Gasteiger partial charge in [0.1, 0.15) is 0 Å². The maximum absolute atomic E-state index is 11.8. The average Bonchev–Trinajstić information content (AvgIpc) is 2.47. The summed E-state index contributed by atoms with van der Waals surface area (Å²) in [5.74, 6) is 0.201. The Morgan fingerprint density at radius 3 is 1.81 bits per heavy atom. The highest BCUT2D eigenvalue weighted by Crippen LogP contribution is 2.02. The summed E-state index contributed by atoms with van der Waals surface area (Å²) in [6.07, 6.45) is 3.84. The summed E-state index contributed by atoms with van der Waals surface area (Å²) in [7, 11) is 0. The zero-order chi connectivity index (χ0) is 15.7. The Morgan fingerprint density at radius 1 is 1.00 bits per heavy atom. The highest BCUT2D eigenvalue weighted by atomic mass is 32.2. The van der Waals surface area contributed by atoms with Crippen molar-refractivity contribution in [3.05, 3.63) is 33.9 Å². The van der Waals surface area contributed by atoms with Gasteiger partial charge in [-0.15, -0.1) is 0 Å². The summed E-state index contributed by atoms with van der Waals surface area (Å²) in [6.45, 7) is 0.932. The lowest BCUT2D eigenvalue weighted by atomic mass is 10.3. The number of hydrogen-bond acceptors (Lipinski definition) is 6. The van der Waals surface area contributed by atoms with Crippen LogP contribution in [0.1, 0.15) is 21.1 Å². The van der Waals surface area contributed by atoms with Crippen molar-refractivity contribution in [2.24, 2.45) is 0 Å². The first-order chi connectivity index (χ1) is 10.1. The fourth-order valence-corrected chi connectivity index (χ4v) is 2.02. The Bertz CT molecular complexity index is 502. The van der Waals surface area contributed by atoms with E-state index in [2.05, 4.69) is 10.6 Å². The number of nitrogens with one attached hydrogen (secondary N) is 2. The summed E-state index contributed by atoms with van der Waals surface area (Å²) < 4.78 is 5.21. The maximum Gasteiger partial charge on any atom is 0.287 e. The molecule has 0 aliphatic carbocycles. The molecular weight excluding hydrogens is 312 g/mol. The zero-order valence-electron chi connectivity index (χ0n) is 11.9. The van der Waals surface area contributed by atoms with Crippen LogP contribution >= 0.6 is 23.5 Å². The van der Waals surface area contributed by atoms with Gasteiger partial charge in [0.2, 0.25) is 0 Å². The Balaban J connectivity index is 2.77. The molecule has 1 aromatic rings. The SMILES string of the molecule is CSCCNC(=O)c1cc(=O)cc(C(=O)NCCSC)o1. The standard InChI is InChI=1S/C13H18N2O4S2/c1-20-5-3-14-12(17)10-7-9(16)8-11(19-10)13(18)15-4-6-21-2/h7-8H,3-6H2,1-2H3,(H,14,17)(H,15,18). The van der Waals surface area contributed by atoms with E-state index in [9.17, 15) is 14.4 Å². The molecule has 2 N–H and O–H groups in total. The highest BCUT2D eigenvalue weighted by molar-refractivity contribution is 7.98. The van der Waals surface area contributed by atoms with E-state index in [0.29, 0.717) is 13.1 Å². The first kappa shape index (κ1) is 17.6. The first-order valence-electron chi connectivity index (χ1n) is 6.28. The predicted octanol–water partition coefficient (Wildman–Crippen LogP) is 0.825. The third-order valence-electron chi connectivity index (χ3n) is 2.40. The molecule has 116 valence electrons. The second-order valence-electron chi connectivity index (χ2n) is 4.02. The van der Waals surface area contributed by atoms with Crippen LogP contribution in [0, 0.1) is 0 Å². The number of thioether (sulfide) groups is 2. The molecular formula is C13H18N2O4S2. The van der Waals surface area contributed by atoms with E-state index in [1.807, 2.05) is 12.5 Å². The largest absolute Gasteiger partial charge is 0.445 e. The summed E-state index contributed by atoms with van der Waals surface area (Å²) in [6, 6.07) is 2.15. The molecule has 0 saturated heterocycles. The third-order valence-corrected chi connectivity index (χ3v) is 3.62. The van der Waals surface area contributed by atoms with Gasteiger partial charge >= 0.3 is 0 Å². The molecule has 0 unspecified atom stereocenters. The Labute approximate surface area is 131 Å². The molecule has 0 saturated carbocycles. The molecule has 6 nitrogen and oxygen atoms in total. The lowest BCUT2D eigenvalue weighted by molar-refractivity contribution is 0.0896. The molecule has 21 heavy (non-hydrogen) atoms. The van der Waals surface area contributed by atoms with E-state index >= 15 is 0 Å². The fraction of sp³-hybridized carbons (Fsp3) is 0.462. The van der Waals surface area contributed by atoms with Gasteiger partial charge in [0, 0.05) is 36.7 Å². The van der Waals surface area contributed by atoms with Gasteiger partial charge in [-0.2, -0.15) is 23.5 Å². The summed E-state index contributed by atoms with van der Waals surface area (Å²) in [5.41, 5.74) is -0.439. The van der Waals surface area contributed by atoms with Crippen LogP contribution in [0.25, 0.3) is 0 Å². The minimum Gasteiger partial charge on any atom is -0.445 e. The van der Waals surface area contributed by atoms with Crippen molar-refractivity contribution in [2.75, 3.05) is 37.1 Å². The van der Waals surface area contributed by atoms with Crippen LogP contribution in [0.3, 0.4) is 0 Å². The van der Waals surface area contributed by atoms with Crippen molar-refractivity contribution in [1.82, 2.24) is 10.6 Å². The van der Waals surface area contributed by atoms with Gasteiger partial charge in [-0.25, -0.2) is 0 Å². The van der Waals surface area contributed by atoms with E-state index in [-0.39, 0.29) is 11.5 Å². The van der Waals surface area contributed by atoms with Crippen LogP contribution in [-0.2, 0) is 0 Å². The van der Waals surface area contributed by atoms with Crippen LogP contribution in [0.2, 0.25) is 0 Å². The van der Waals surface area contributed by atoms with E-state index in [0.717, 1.165) is 23.6 Å². The average molecular weight is 330 g/mol. The molecule has 2 amide bonds. The second kappa shape index (κ2) is 9.51. The summed E-state index contributed by atoms with van der Waals surface area (Å²) in [5, 5.41) is 5.24. The number of rotatable bonds is 8. The van der Waals surface area contributed by atoms with Crippen LogP contribution in [-0.4, -0.2) is 48.9 Å². The number of hydrogen-bond donors (Lipinski definition) is 2. The van der Waals surface area contributed by atoms with Crippen molar-refractivity contribution in [3.8, 4) is 0 Å². The monoisotopic (exact) mass is 330 g/mol. The smallest absolute Gasteiger partial charge is 0.287 e. The first-order valence-corrected chi connectivity index (χ1v) is 9.06. The Hall–Kier alpha value is -1.41. The van der Waals surface area contributed by atoms with Crippen molar-refractivity contribution < 1.29 is 14.0 Å². The number of carbonyl (C=O) groups is 2. The van der Waals surface area contributed by atoms with Gasteiger partial charge in [-0.05, 0) is 12.5 Å². The van der Waals surface area contributed by atoms with E-state index < -0.39 is 17.2 Å². The van der Waals surface area contributed by atoms with Gasteiger partial charge in [0.05, 0.1) is 0 Å². The lowest BCUT2D eigenvalue weighted by Crippen LogP contribution is -2.29. The third kappa shape index (κ3) is 6.26. The van der Waals surface area contributed by atoms with E-state index in [4.69, 9.17) is 4.42 Å². The number of amides is 2. The van der Waals surface area contributed by atoms with Gasteiger partial charge in [0.25, 0.3) is 11.8 Å². The van der Waals surface area contributed by atoms with Gasteiger partial charge in [0.15, 0.2) is 16.9 Å². The van der Waals surface area contributed by atoms with Crippen molar-refractivity contribution in [1.29, 1.82) is 0 Å². The molecule has 0 radical (unpaired) electrons. The molecule has 0 aliphatic rings. The zero-order valence-corrected chi connectivity index (χ0v) is 13.6. The number of carbonyl (C=O) groups excluding carboxylic acids is 2. The van der Waals surface area contributed by atoms with Crippen molar-refractivity contribution >= 4 is 35.3 Å². The minimum atomic E-state index is -0.500. The highest BCUT2D eigenvalue weighted by Gasteiger charge is 2.15. The molecule has 0 atom stereocenters. The molecule has 0 spiro atoms. The normalized spacial score (nSPS) is 10.2. The molecule has 8 heteroatoms. The molecule has 0 aromatic carbocycles. The Kier molecular flexibility index (Phi) is 7.99. The molecule has 1 heterocycles. The van der Waals surface area contributed by atoms with Crippen LogP contribution in [0.4, 0.5) is 0 Å². The molecule has 1 rings (SSSR count). The Morgan fingerprint density at radius 2 is 1.43 bits per heavy atom. The maximum atomic E-state index is 11.8. The molecule has 0 aliphatic heterocycles. The predicted molar refractivity (Wildman–Crippen MR) is 86.4 cm³/mol. The topological polar surface area (TPSA) is 88.4 Å². The van der Waals surface area contributed by atoms with Gasteiger partial charge < -0.3 is 15.1 Å². The summed E-state index contributed by atoms with van der Waals surface area (Å²) in [4.78, 5) is 35.2. The van der Waals surface area contributed by atoms with Gasteiger partial charge in [-0.3, -0.25) is 14.4 Å². The lowest BCUT2D eigenvalue weighted by Gasteiger charge is -2.06. The minimum absolute atomic E-state index is 0.154. The fourth-order valence-electron chi connectivity index (χ4n) is 1.41. The van der Waals surface area contributed by atoms with Crippen LogP contribution < -0.4 is 16.1 Å². The molecule has 0 bridgehead atoms. The molecule has 0 fully saturated rings. The quantitative estimate of drug-likeness (QED) is 0.686. The van der Waals surface area contributed by atoms with E-state index in [1.165, 1.54) is 0 Å². The molecule has 1 aromatic heterocycles. The van der Waals surface area contributed by atoms with Crippen molar-refractivity contribution in [3.63, 3.8) is 0 Å².